The van der Waals surface area contributed by atoms with Gasteiger partial charge in [-0.15, -0.1) is 6.42 Å². The van der Waals surface area contributed by atoms with Crippen LogP contribution in [0.25, 0.3) is 0 Å². The first kappa shape index (κ1) is 21.2. The van der Waals surface area contributed by atoms with Crippen LogP contribution in [0.1, 0.15) is 33.6 Å². The second kappa shape index (κ2) is 9.30. The summed E-state index contributed by atoms with van der Waals surface area (Å²) in [4.78, 5) is 62.1. The fourth-order valence-corrected chi connectivity index (χ4v) is 3.22. The van der Waals surface area contributed by atoms with Gasteiger partial charge in [0.1, 0.15) is 19.3 Å². The number of fused-ring (bicyclic) bond motifs is 1. The van der Waals surface area contributed by atoms with Crippen LogP contribution in [-0.2, 0) is 23.9 Å². The first-order valence-electron chi connectivity index (χ1n) is 9.17. The van der Waals surface area contributed by atoms with E-state index in [0.717, 1.165) is 4.90 Å². The van der Waals surface area contributed by atoms with Crippen LogP contribution < -0.4 is 10.6 Å². The Balaban J connectivity index is 1.68. The number of benzene rings is 1. The van der Waals surface area contributed by atoms with E-state index in [4.69, 9.17) is 15.9 Å². The molecular weight excluding hydrogens is 394 g/mol. The number of hydrogen-bond donors (Lipinski definition) is 2. The molecule has 2 N–H and O–H groups in total. The smallest absolute Gasteiger partial charge is 0.264 e. The molecule has 0 aliphatic carbocycles. The first-order valence-corrected chi connectivity index (χ1v) is 9.17. The highest BCUT2D eigenvalue weighted by atomic mass is 16.5. The SMILES string of the molecule is C#CCOCCOCC(=O)Nc1cccc2c1C(=O)N(C1CCC(=O)NC1=O)C2=O. The fourth-order valence-electron chi connectivity index (χ4n) is 3.22. The Morgan fingerprint density at radius 2 is 1.97 bits per heavy atom. The average molecular weight is 413 g/mol. The van der Waals surface area contributed by atoms with Gasteiger partial charge in [-0.1, -0.05) is 12.0 Å². The number of carbonyl (C=O) groups is 5. The van der Waals surface area contributed by atoms with Crippen molar-refractivity contribution in [1.82, 2.24) is 10.2 Å². The van der Waals surface area contributed by atoms with E-state index < -0.39 is 35.6 Å². The number of rotatable bonds is 8. The molecule has 0 aromatic heterocycles. The van der Waals surface area contributed by atoms with Crippen molar-refractivity contribution >= 4 is 35.2 Å². The molecule has 5 amide bonds. The summed E-state index contributed by atoms with van der Waals surface area (Å²) in [6, 6.07) is 3.36. The molecule has 1 saturated heterocycles. The standard InChI is InChI=1S/C20H19N3O7/c1-2-8-29-9-10-30-11-16(25)21-13-5-3-4-12-17(13)20(28)23(19(12)27)14-6-7-15(24)22-18(14)26/h1,3-5,14H,6-11H2,(H,21,25)(H,22,24,26). The summed E-state index contributed by atoms with van der Waals surface area (Å²) in [7, 11) is 0. The minimum atomic E-state index is -1.08. The third-order valence-electron chi connectivity index (χ3n) is 4.53. The van der Waals surface area contributed by atoms with E-state index in [1.807, 2.05) is 0 Å². The van der Waals surface area contributed by atoms with Gasteiger partial charge in [-0.3, -0.25) is 34.2 Å². The van der Waals surface area contributed by atoms with E-state index >= 15 is 0 Å². The Bertz CT molecular complexity index is 950. The second-order valence-electron chi connectivity index (χ2n) is 6.53. The van der Waals surface area contributed by atoms with E-state index in [9.17, 15) is 24.0 Å². The Hall–Kier alpha value is -3.55. The van der Waals surface area contributed by atoms with Crippen molar-refractivity contribution < 1.29 is 33.4 Å². The van der Waals surface area contributed by atoms with Crippen LogP contribution in [0.3, 0.4) is 0 Å². The second-order valence-corrected chi connectivity index (χ2v) is 6.53. The van der Waals surface area contributed by atoms with Crippen LogP contribution in [0.4, 0.5) is 5.69 Å². The van der Waals surface area contributed by atoms with Crippen LogP contribution in [0, 0.1) is 12.3 Å². The lowest BCUT2D eigenvalue weighted by molar-refractivity contribution is -0.136. The summed E-state index contributed by atoms with van der Waals surface area (Å²) in [6.07, 6.45) is 5.11. The summed E-state index contributed by atoms with van der Waals surface area (Å²) in [5.41, 5.74) is 0.210. The van der Waals surface area contributed by atoms with Crippen molar-refractivity contribution in [2.75, 3.05) is 31.7 Å². The van der Waals surface area contributed by atoms with Gasteiger partial charge in [0.05, 0.1) is 30.0 Å². The van der Waals surface area contributed by atoms with Gasteiger partial charge in [-0.05, 0) is 18.6 Å². The van der Waals surface area contributed by atoms with Crippen molar-refractivity contribution in [2.24, 2.45) is 0 Å². The molecule has 3 rings (SSSR count). The zero-order valence-corrected chi connectivity index (χ0v) is 15.9. The summed E-state index contributed by atoms with van der Waals surface area (Å²) in [5.74, 6) is -0.737. The number of carbonyl (C=O) groups excluding carboxylic acids is 5. The summed E-state index contributed by atoms with van der Waals surface area (Å²) in [6.45, 7) is 0.239. The van der Waals surface area contributed by atoms with Crippen molar-refractivity contribution in [2.45, 2.75) is 18.9 Å². The minimum absolute atomic E-state index is 0.00194. The first-order chi connectivity index (χ1) is 14.4. The van der Waals surface area contributed by atoms with Gasteiger partial charge in [0.25, 0.3) is 11.8 Å². The molecule has 1 atom stereocenters. The zero-order chi connectivity index (χ0) is 21.7. The van der Waals surface area contributed by atoms with Crippen LogP contribution in [0.15, 0.2) is 18.2 Å². The molecule has 1 fully saturated rings. The quantitative estimate of drug-likeness (QED) is 0.340. The van der Waals surface area contributed by atoms with Crippen LogP contribution in [0.5, 0.6) is 0 Å². The third-order valence-corrected chi connectivity index (χ3v) is 4.53. The van der Waals surface area contributed by atoms with Gasteiger partial charge in [0.15, 0.2) is 0 Å². The lowest BCUT2D eigenvalue weighted by Gasteiger charge is -2.27. The predicted molar refractivity (Wildman–Crippen MR) is 102 cm³/mol. The van der Waals surface area contributed by atoms with E-state index in [1.165, 1.54) is 18.2 Å². The van der Waals surface area contributed by atoms with Crippen LogP contribution in [-0.4, -0.2) is 66.9 Å². The van der Waals surface area contributed by atoms with E-state index in [-0.39, 0.29) is 56.1 Å². The van der Waals surface area contributed by atoms with Gasteiger partial charge in [-0.2, -0.15) is 0 Å². The molecule has 1 aromatic rings. The number of nitrogens with one attached hydrogen (secondary N) is 2. The van der Waals surface area contributed by atoms with Gasteiger partial charge < -0.3 is 14.8 Å². The maximum Gasteiger partial charge on any atom is 0.264 e. The number of nitrogens with zero attached hydrogens (tertiary/aromatic N) is 1. The van der Waals surface area contributed by atoms with Crippen molar-refractivity contribution in [3.8, 4) is 12.3 Å². The molecule has 10 nitrogen and oxygen atoms in total. The van der Waals surface area contributed by atoms with Gasteiger partial charge in [0.2, 0.25) is 17.7 Å². The largest absolute Gasteiger partial charge is 0.369 e. The molecule has 1 unspecified atom stereocenters. The number of terminal acetylenes is 1. The molecule has 2 heterocycles. The van der Waals surface area contributed by atoms with Crippen molar-refractivity contribution in [3.63, 3.8) is 0 Å². The van der Waals surface area contributed by atoms with Crippen molar-refractivity contribution in [3.05, 3.63) is 29.3 Å². The summed E-state index contributed by atoms with van der Waals surface area (Å²) < 4.78 is 10.2. The highest BCUT2D eigenvalue weighted by Gasteiger charge is 2.45. The number of ether oxygens (including phenoxy) is 2. The fraction of sp³-hybridized carbons (Fsp3) is 0.350. The molecule has 156 valence electrons. The third kappa shape index (κ3) is 4.37. The number of hydrogen-bond acceptors (Lipinski definition) is 7. The van der Waals surface area contributed by atoms with Gasteiger partial charge in [-0.25, -0.2) is 0 Å². The summed E-state index contributed by atoms with van der Waals surface area (Å²) >= 11 is 0. The molecule has 0 bridgehead atoms. The van der Waals surface area contributed by atoms with Gasteiger partial charge in [0, 0.05) is 6.42 Å². The Kier molecular flexibility index (Phi) is 6.56. The maximum atomic E-state index is 12.9. The molecular formula is C20H19N3O7. The molecule has 1 aromatic carbocycles. The molecule has 2 aliphatic heterocycles. The van der Waals surface area contributed by atoms with Crippen LogP contribution in [0.2, 0.25) is 0 Å². The lowest BCUT2D eigenvalue weighted by Crippen LogP contribution is -2.54. The van der Waals surface area contributed by atoms with E-state index in [1.54, 1.807) is 0 Å². The predicted octanol–water partition coefficient (Wildman–Crippen LogP) is -0.307. The minimum Gasteiger partial charge on any atom is -0.369 e. The van der Waals surface area contributed by atoms with E-state index in [0.29, 0.717) is 0 Å². The Labute approximate surface area is 171 Å². The Morgan fingerprint density at radius 1 is 1.20 bits per heavy atom. The number of piperidine rings is 1. The highest BCUT2D eigenvalue weighted by molar-refractivity contribution is 6.26. The monoisotopic (exact) mass is 413 g/mol. The molecule has 0 spiro atoms. The van der Waals surface area contributed by atoms with Crippen LogP contribution >= 0.6 is 0 Å². The average Bonchev–Trinajstić information content (AvgIpc) is 2.96. The summed E-state index contributed by atoms with van der Waals surface area (Å²) in [5, 5.41) is 4.68. The maximum absolute atomic E-state index is 12.9. The molecule has 10 heteroatoms. The Morgan fingerprint density at radius 3 is 2.70 bits per heavy atom. The molecule has 0 saturated carbocycles. The number of imide groups is 2. The lowest BCUT2D eigenvalue weighted by atomic mass is 10.0. The molecule has 2 aliphatic rings. The van der Waals surface area contributed by atoms with Gasteiger partial charge >= 0.3 is 0 Å². The zero-order valence-electron chi connectivity index (χ0n) is 15.9. The topological polar surface area (TPSA) is 131 Å². The molecule has 30 heavy (non-hydrogen) atoms. The number of anilines is 1. The van der Waals surface area contributed by atoms with E-state index in [2.05, 4.69) is 16.6 Å². The highest BCUT2D eigenvalue weighted by Crippen LogP contribution is 2.32. The number of amides is 5. The molecule has 0 radical (unpaired) electrons. The van der Waals surface area contributed by atoms with Crippen molar-refractivity contribution in [1.29, 1.82) is 0 Å². The normalized spacial score (nSPS) is 18.1.